The van der Waals surface area contributed by atoms with Crippen molar-refractivity contribution in [2.24, 2.45) is 5.92 Å². The van der Waals surface area contributed by atoms with Crippen LogP contribution in [0.2, 0.25) is 0 Å². The topological polar surface area (TPSA) is 67.8 Å². The first-order valence-electron chi connectivity index (χ1n) is 11.5. The van der Waals surface area contributed by atoms with Crippen molar-refractivity contribution in [2.75, 3.05) is 13.7 Å². The highest BCUT2D eigenvalue weighted by molar-refractivity contribution is 5.64. The number of ether oxygens (including phenoxy) is 2. The minimum Gasteiger partial charge on any atom is -0.465 e. The summed E-state index contributed by atoms with van der Waals surface area (Å²) in [7, 11) is 1.72. The third-order valence-electron chi connectivity index (χ3n) is 6.63. The average Bonchev–Trinajstić information content (AvgIpc) is 2.87. The van der Waals surface area contributed by atoms with Crippen LogP contribution in [0, 0.1) is 5.92 Å². The van der Waals surface area contributed by atoms with Gasteiger partial charge in [0.25, 0.3) is 0 Å². The predicted molar refractivity (Wildman–Crippen MR) is 128 cm³/mol. The molecule has 1 saturated carbocycles. The molecule has 1 aliphatic rings. The summed E-state index contributed by atoms with van der Waals surface area (Å²) in [5.41, 5.74) is 2.27. The summed E-state index contributed by atoms with van der Waals surface area (Å²) < 4.78 is 12.6. The van der Waals surface area contributed by atoms with E-state index < -0.39 is 11.7 Å². The lowest BCUT2D eigenvalue weighted by Gasteiger charge is -2.40. The van der Waals surface area contributed by atoms with Crippen LogP contribution in [0.3, 0.4) is 0 Å². The van der Waals surface area contributed by atoms with Gasteiger partial charge in [0.05, 0.1) is 12.7 Å². The minimum absolute atomic E-state index is 0.00434. The molecule has 5 heteroatoms. The van der Waals surface area contributed by atoms with E-state index in [1.807, 2.05) is 54.6 Å². The SMILES string of the molecule is CO[C@@H]1CCC(NC(=O)O)C(COC(c2ccccc2)(c2ccccc2)c2ccccc2)C1. The van der Waals surface area contributed by atoms with Crippen molar-refractivity contribution in [3.8, 4) is 0 Å². The van der Waals surface area contributed by atoms with E-state index in [1.54, 1.807) is 7.11 Å². The van der Waals surface area contributed by atoms with Crippen LogP contribution in [0.5, 0.6) is 0 Å². The Kier molecular flexibility index (Phi) is 7.43. The van der Waals surface area contributed by atoms with Crippen molar-refractivity contribution in [3.05, 3.63) is 108 Å². The lowest BCUT2D eigenvalue weighted by Crippen LogP contribution is -2.47. The van der Waals surface area contributed by atoms with Crippen LogP contribution >= 0.6 is 0 Å². The van der Waals surface area contributed by atoms with Crippen molar-refractivity contribution < 1.29 is 19.4 Å². The Balaban J connectivity index is 1.76. The summed E-state index contributed by atoms with van der Waals surface area (Å²) in [5, 5.41) is 12.1. The van der Waals surface area contributed by atoms with E-state index in [1.165, 1.54) is 0 Å². The Morgan fingerprint density at radius 3 is 1.79 bits per heavy atom. The molecule has 3 atom stereocenters. The molecule has 0 spiro atoms. The van der Waals surface area contributed by atoms with Crippen molar-refractivity contribution in [3.63, 3.8) is 0 Å². The number of benzene rings is 3. The molecule has 33 heavy (non-hydrogen) atoms. The van der Waals surface area contributed by atoms with Gasteiger partial charge >= 0.3 is 6.09 Å². The summed E-state index contributed by atoms with van der Waals surface area (Å²) in [6.07, 6.45) is 1.41. The zero-order valence-electron chi connectivity index (χ0n) is 18.9. The molecule has 3 aromatic rings. The van der Waals surface area contributed by atoms with Crippen LogP contribution in [0.4, 0.5) is 4.79 Å². The van der Waals surface area contributed by atoms with Gasteiger partial charge in [-0.2, -0.15) is 0 Å². The van der Waals surface area contributed by atoms with E-state index in [2.05, 4.69) is 41.7 Å². The number of hydrogen-bond donors (Lipinski definition) is 2. The van der Waals surface area contributed by atoms with Crippen LogP contribution in [0.1, 0.15) is 36.0 Å². The molecule has 0 heterocycles. The summed E-state index contributed by atoms with van der Waals surface area (Å²) in [4.78, 5) is 11.4. The number of nitrogens with one attached hydrogen (secondary N) is 1. The molecule has 172 valence electrons. The van der Waals surface area contributed by atoms with Gasteiger partial charge in [-0.05, 0) is 36.0 Å². The largest absolute Gasteiger partial charge is 0.465 e. The van der Waals surface area contributed by atoms with E-state index in [0.717, 1.165) is 36.0 Å². The molecule has 4 rings (SSSR count). The maximum atomic E-state index is 11.4. The zero-order chi connectivity index (χ0) is 23.1. The molecule has 2 unspecified atom stereocenters. The van der Waals surface area contributed by atoms with E-state index in [4.69, 9.17) is 9.47 Å². The highest BCUT2D eigenvalue weighted by Crippen LogP contribution is 2.41. The van der Waals surface area contributed by atoms with Gasteiger partial charge in [-0.1, -0.05) is 91.0 Å². The lowest BCUT2D eigenvalue weighted by atomic mass is 9.79. The molecular formula is C28H31NO4. The van der Waals surface area contributed by atoms with E-state index >= 15 is 0 Å². The quantitative estimate of drug-likeness (QED) is 0.453. The number of carbonyl (C=O) groups is 1. The van der Waals surface area contributed by atoms with Crippen LogP contribution in [0.15, 0.2) is 91.0 Å². The van der Waals surface area contributed by atoms with Gasteiger partial charge in [-0.3, -0.25) is 0 Å². The predicted octanol–water partition coefficient (Wildman–Crippen LogP) is 5.45. The van der Waals surface area contributed by atoms with Crippen molar-refractivity contribution in [1.82, 2.24) is 5.32 Å². The number of amides is 1. The van der Waals surface area contributed by atoms with E-state index in [-0.39, 0.29) is 18.1 Å². The van der Waals surface area contributed by atoms with Gasteiger partial charge in [-0.25, -0.2) is 4.79 Å². The second kappa shape index (κ2) is 10.6. The highest BCUT2D eigenvalue weighted by atomic mass is 16.5. The third kappa shape index (κ3) is 5.10. The molecular weight excluding hydrogens is 414 g/mol. The van der Waals surface area contributed by atoms with Crippen molar-refractivity contribution in [1.29, 1.82) is 0 Å². The molecule has 0 radical (unpaired) electrons. The molecule has 3 aromatic carbocycles. The zero-order valence-corrected chi connectivity index (χ0v) is 18.9. The van der Waals surface area contributed by atoms with Crippen LogP contribution in [-0.2, 0) is 15.1 Å². The Morgan fingerprint density at radius 2 is 1.36 bits per heavy atom. The fraction of sp³-hybridized carbons (Fsp3) is 0.321. The molecule has 1 amide bonds. The molecule has 5 nitrogen and oxygen atoms in total. The Labute approximate surface area is 195 Å². The summed E-state index contributed by atoms with van der Waals surface area (Å²) >= 11 is 0. The molecule has 1 fully saturated rings. The Bertz CT molecular complexity index is 913. The summed E-state index contributed by atoms with van der Waals surface area (Å²) in [6.45, 7) is 0.392. The van der Waals surface area contributed by atoms with Crippen LogP contribution in [-0.4, -0.2) is 37.1 Å². The first kappa shape index (κ1) is 23.0. The molecule has 0 aromatic heterocycles. The molecule has 0 bridgehead atoms. The normalized spacial score (nSPS) is 20.8. The lowest BCUT2D eigenvalue weighted by molar-refractivity contribution is -0.0427. The second-order valence-corrected chi connectivity index (χ2v) is 8.58. The molecule has 0 aliphatic heterocycles. The van der Waals surface area contributed by atoms with Gasteiger partial charge in [0, 0.05) is 19.1 Å². The molecule has 1 aliphatic carbocycles. The molecule has 0 saturated heterocycles. The minimum atomic E-state index is -0.999. The number of carboxylic acid groups (broad SMARTS) is 1. The van der Waals surface area contributed by atoms with Gasteiger partial charge in [0.2, 0.25) is 0 Å². The number of hydrogen-bond acceptors (Lipinski definition) is 3. The maximum absolute atomic E-state index is 11.4. The monoisotopic (exact) mass is 445 g/mol. The first-order valence-corrected chi connectivity index (χ1v) is 11.5. The first-order chi connectivity index (χ1) is 16.1. The van der Waals surface area contributed by atoms with Gasteiger partial charge < -0.3 is 19.9 Å². The van der Waals surface area contributed by atoms with Gasteiger partial charge in [0.1, 0.15) is 5.60 Å². The second-order valence-electron chi connectivity index (χ2n) is 8.58. The van der Waals surface area contributed by atoms with Gasteiger partial charge in [-0.15, -0.1) is 0 Å². The van der Waals surface area contributed by atoms with Crippen LogP contribution in [0.25, 0.3) is 0 Å². The van der Waals surface area contributed by atoms with Gasteiger partial charge in [0.15, 0.2) is 0 Å². The standard InChI is InChI=1S/C28H31NO4/c1-32-25-17-18-26(29-27(30)31)21(19-25)20-33-28(22-11-5-2-6-12-22,23-13-7-3-8-14-23)24-15-9-4-10-16-24/h2-16,21,25-26,29H,17-20H2,1H3,(H,30,31)/t21?,25-,26?/m1/s1. The maximum Gasteiger partial charge on any atom is 0.404 e. The van der Waals surface area contributed by atoms with E-state index in [9.17, 15) is 9.90 Å². The fourth-order valence-electron chi connectivity index (χ4n) is 4.97. The average molecular weight is 446 g/mol. The third-order valence-corrected chi connectivity index (χ3v) is 6.63. The number of rotatable bonds is 8. The number of methoxy groups -OCH3 is 1. The highest BCUT2D eigenvalue weighted by Gasteiger charge is 2.40. The van der Waals surface area contributed by atoms with E-state index in [0.29, 0.717) is 6.61 Å². The van der Waals surface area contributed by atoms with Crippen LogP contribution < -0.4 is 5.32 Å². The fourth-order valence-corrected chi connectivity index (χ4v) is 4.97. The smallest absolute Gasteiger partial charge is 0.404 e. The Morgan fingerprint density at radius 1 is 0.879 bits per heavy atom. The van der Waals surface area contributed by atoms with Crippen molar-refractivity contribution in [2.45, 2.75) is 37.0 Å². The summed E-state index contributed by atoms with van der Waals surface area (Å²) in [5.74, 6) is -0.00434. The Hall–Kier alpha value is -3.15. The summed E-state index contributed by atoms with van der Waals surface area (Å²) in [6, 6.07) is 30.5. The van der Waals surface area contributed by atoms with Crippen molar-refractivity contribution >= 4 is 6.09 Å². The molecule has 2 N–H and O–H groups in total.